The third-order valence-electron chi connectivity index (χ3n) is 4.92. The van der Waals surface area contributed by atoms with E-state index in [1.54, 1.807) is 0 Å². The largest absolute Gasteiger partial charge is 0.376 e. The fraction of sp³-hybridized carbons (Fsp3) is 0.765. The van der Waals surface area contributed by atoms with E-state index in [1.807, 2.05) is 0 Å². The molecule has 0 saturated heterocycles. The molecule has 0 radical (unpaired) electrons. The molecule has 1 heterocycles. The van der Waals surface area contributed by atoms with E-state index < -0.39 is 0 Å². The summed E-state index contributed by atoms with van der Waals surface area (Å²) >= 11 is 0. The minimum Gasteiger partial charge on any atom is -0.376 e. The van der Waals surface area contributed by atoms with Gasteiger partial charge < -0.3 is 15.0 Å². The van der Waals surface area contributed by atoms with Crippen molar-refractivity contribution < 1.29 is 4.74 Å². The average Bonchev–Trinajstić information content (AvgIpc) is 2.98. The summed E-state index contributed by atoms with van der Waals surface area (Å²) in [4.78, 5) is 0. The van der Waals surface area contributed by atoms with E-state index in [-0.39, 0.29) is 6.04 Å². The zero-order valence-electron chi connectivity index (χ0n) is 12.9. The average molecular weight is 276 g/mol. The number of hydrogen-bond donors (Lipinski definition) is 1. The molecule has 1 fully saturated rings. The van der Waals surface area contributed by atoms with Crippen LogP contribution >= 0.6 is 0 Å². The molecule has 3 rings (SSSR count). The van der Waals surface area contributed by atoms with Gasteiger partial charge in [-0.25, -0.2) is 0 Å². The van der Waals surface area contributed by atoms with Gasteiger partial charge in [0.05, 0.1) is 12.7 Å². The van der Waals surface area contributed by atoms with E-state index in [2.05, 4.69) is 30.7 Å². The molecule has 112 valence electrons. The highest BCUT2D eigenvalue weighted by Gasteiger charge is 2.32. The van der Waals surface area contributed by atoms with Gasteiger partial charge in [-0.2, -0.15) is 0 Å². The standard InChI is InChI=1S/C17H28N2O/c1-17(2)11-15(18)14-7-8-19(16(14)12-17)9-10-20-13-5-3-4-6-13/h7-8,13,15H,3-6,9-12,18H2,1-2H3. The van der Waals surface area contributed by atoms with Gasteiger partial charge in [0, 0.05) is 24.5 Å². The molecule has 0 bridgehead atoms. The van der Waals surface area contributed by atoms with Crippen LogP contribution in [0, 0.1) is 5.41 Å². The van der Waals surface area contributed by atoms with Crippen molar-refractivity contribution >= 4 is 0 Å². The smallest absolute Gasteiger partial charge is 0.0649 e. The van der Waals surface area contributed by atoms with E-state index in [0.717, 1.165) is 26.0 Å². The van der Waals surface area contributed by atoms with Crippen LogP contribution < -0.4 is 5.73 Å². The minimum absolute atomic E-state index is 0.200. The van der Waals surface area contributed by atoms with Crippen molar-refractivity contribution in [2.24, 2.45) is 11.1 Å². The maximum absolute atomic E-state index is 6.32. The summed E-state index contributed by atoms with van der Waals surface area (Å²) in [5.74, 6) is 0. The van der Waals surface area contributed by atoms with E-state index in [1.165, 1.54) is 36.9 Å². The number of nitrogens with two attached hydrogens (primary N) is 1. The summed E-state index contributed by atoms with van der Waals surface area (Å²) in [6.07, 6.45) is 10.1. The Morgan fingerprint density at radius 2 is 2.10 bits per heavy atom. The predicted octanol–water partition coefficient (Wildman–Crippen LogP) is 3.42. The Labute approximate surface area is 122 Å². The molecule has 3 heteroatoms. The molecule has 2 aliphatic rings. The highest BCUT2D eigenvalue weighted by molar-refractivity contribution is 5.30. The van der Waals surface area contributed by atoms with Gasteiger partial charge in [0.15, 0.2) is 0 Å². The quantitative estimate of drug-likeness (QED) is 0.915. The topological polar surface area (TPSA) is 40.2 Å². The van der Waals surface area contributed by atoms with Crippen molar-refractivity contribution in [3.63, 3.8) is 0 Å². The summed E-state index contributed by atoms with van der Waals surface area (Å²) in [7, 11) is 0. The molecule has 1 unspecified atom stereocenters. The summed E-state index contributed by atoms with van der Waals surface area (Å²) < 4.78 is 8.36. The molecule has 1 aromatic heterocycles. The lowest BCUT2D eigenvalue weighted by Gasteiger charge is -2.34. The first-order chi connectivity index (χ1) is 9.55. The molecule has 0 aliphatic heterocycles. The number of fused-ring (bicyclic) bond motifs is 1. The number of rotatable bonds is 4. The molecule has 0 aromatic carbocycles. The first-order valence-electron chi connectivity index (χ1n) is 8.10. The van der Waals surface area contributed by atoms with Crippen molar-refractivity contribution in [2.45, 2.75) is 71.1 Å². The molecule has 1 saturated carbocycles. The Kier molecular flexibility index (Phi) is 3.91. The molecule has 2 N–H and O–H groups in total. The maximum Gasteiger partial charge on any atom is 0.0649 e. The minimum atomic E-state index is 0.200. The van der Waals surface area contributed by atoms with Crippen LogP contribution in [0.2, 0.25) is 0 Å². The third kappa shape index (κ3) is 2.94. The van der Waals surface area contributed by atoms with Gasteiger partial charge in [-0.15, -0.1) is 0 Å². The Hall–Kier alpha value is -0.800. The maximum atomic E-state index is 6.32. The van der Waals surface area contributed by atoms with Crippen molar-refractivity contribution in [1.82, 2.24) is 4.57 Å². The number of hydrogen-bond acceptors (Lipinski definition) is 2. The van der Waals surface area contributed by atoms with Crippen LogP contribution in [-0.4, -0.2) is 17.3 Å². The fourth-order valence-electron chi connectivity index (χ4n) is 3.88. The summed E-state index contributed by atoms with van der Waals surface area (Å²) in [6.45, 7) is 6.44. The van der Waals surface area contributed by atoms with E-state index in [0.29, 0.717) is 11.5 Å². The monoisotopic (exact) mass is 276 g/mol. The highest BCUT2D eigenvalue weighted by atomic mass is 16.5. The lowest BCUT2D eigenvalue weighted by atomic mass is 9.74. The van der Waals surface area contributed by atoms with Crippen LogP contribution in [0.1, 0.15) is 63.3 Å². The number of ether oxygens (including phenoxy) is 1. The second kappa shape index (κ2) is 5.53. The summed E-state index contributed by atoms with van der Waals surface area (Å²) in [5.41, 5.74) is 9.42. The van der Waals surface area contributed by atoms with E-state index in [9.17, 15) is 0 Å². The lowest BCUT2D eigenvalue weighted by Crippen LogP contribution is -2.30. The SMILES string of the molecule is CC1(C)Cc2c(ccn2CCOC2CCCC2)C(N)C1. The molecule has 20 heavy (non-hydrogen) atoms. The second-order valence-electron chi connectivity index (χ2n) is 7.34. The van der Waals surface area contributed by atoms with Gasteiger partial charge in [0.2, 0.25) is 0 Å². The van der Waals surface area contributed by atoms with E-state index >= 15 is 0 Å². The molecule has 0 spiro atoms. The third-order valence-corrected chi connectivity index (χ3v) is 4.92. The van der Waals surface area contributed by atoms with Crippen LogP contribution in [0.25, 0.3) is 0 Å². The van der Waals surface area contributed by atoms with Crippen molar-refractivity contribution in [2.75, 3.05) is 6.61 Å². The Morgan fingerprint density at radius 1 is 1.35 bits per heavy atom. The predicted molar refractivity (Wildman–Crippen MR) is 81.7 cm³/mol. The molecular formula is C17H28N2O. The van der Waals surface area contributed by atoms with Gasteiger partial charge >= 0.3 is 0 Å². The zero-order chi connectivity index (χ0) is 14.2. The lowest BCUT2D eigenvalue weighted by molar-refractivity contribution is 0.0523. The molecule has 1 atom stereocenters. The summed E-state index contributed by atoms with van der Waals surface area (Å²) in [6, 6.07) is 2.41. The van der Waals surface area contributed by atoms with Crippen molar-refractivity contribution in [1.29, 1.82) is 0 Å². The number of nitrogens with zero attached hydrogens (tertiary/aromatic N) is 1. The zero-order valence-corrected chi connectivity index (χ0v) is 12.9. The van der Waals surface area contributed by atoms with Crippen LogP contribution in [0.3, 0.4) is 0 Å². The molecule has 0 amide bonds. The van der Waals surface area contributed by atoms with Crippen LogP contribution in [0.5, 0.6) is 0 Å². The first kappa shape index (κ1) is 14.2. The normalized spacial score (nSPS) is 25.9. The van der Waals surface area contributed by atoms with Crippen LogP contribution in [0.15, 0.2) is 12.3 Å². The van der Waals surface area contributed by atoms with Crippen LogP contribution in [-0.2, 0) is 17.7 Å². The molecule has 2 aliphatic carbocycles. The second-order valence-corrected chi connectivity index (χ2v) is 7.34. The number of aromatic nitrogens is 1. The van der Waals surface area contributed by atoms with Gasteiger partial charge in [-0.3, -0.25) is 0 Å². The van der Waals surface area contributed by atoms with Crippen molar-refractivity contribution in [3.05, 3.63) is 23.5 Å². The fourth-order valence-corrected chi connectivity index (χ4v) is 3.88. The van der Waals surface area contributed by atoms with Gasteiger partial charge in [0.1, 0.15) is 0 Å². The van der Waals surface area contributed by atoms with Gasteiger partial charge in [0.25, 0.3) is 0 Å². The Balaban J connectivity index is 1.63. The Bertz CT molecular complexity index is 458. The van der Waals surface area contributed by atoms with Gasteiger partial charge in [-0.1, -0.05) is 26.7 Å². The Morgan fingerprint density at radius 3 is 2.85 bits per heavy atom. The van der Waals surface area contributed by atoms with E-state index in [4.69, 9.17) is 10.5 Å². The highest BCUT2D eigenvalue weighted by Crippen LogP contribution is 2.39. The van der Waals surface area contributed by atoms with Crippen LogP contribution in [0.4, 0.5) is 0 Å². The van der Waals surface area contributed by atoms with Gasteiger partial charge in [-0.05, 0) is 42.7 Å². The first-order valence-corrected chi connectivity index (χ1v) is 8.10. The summed E-state index contributed by atoms with van der Waals surface area (Å²) in [5, 5.41) is 0. The van der Waals surface area contributed by atoms with Crippen molar-refractivity contribution in [3.8, 4) is 0 Å². The molecular weight excluding hydrogens is 248 g/mol. The molecule has 1 aromatic rings. The molecule has 3 nitrogen and oxygen atoms in total.